The van der Waals surface area contributed by atoms with Crippen LogP contribution in [-0.4, -0.2) is 12.6 Å². The van der Waals surface area contributed by atoms with Crippen LogP contribution in [0.15, 0.2) is 61.3 Å². The fourth-order valence-electron chi connectivity index (χ4n) is 3.21. The molecule has 1 fully saturated rings. The zero-order valence-electron chi connectivity index (χ0n) is 14.8. The number of allylic oxidation sites excluding steroid dienone is 5. The molecule has 1 saturated carbocycles. The summed E-state index contributed by atoms with van der Waals surface area (Å²) in [7, 11) is 0. The fraction of sp³-hybridized carbons (Fsp3) is 0.476. The van der Waals surface area contributed by atoms with E-state index in [4.69, 9.17) is 4.74 Å². The van der Waals surface area contributed by atoms with Crippen molar-refractivity contribution in [2.24, 2.45) is 17.3 Å². The maximum absolute atomic E-state index is 11.7. The van der Waals surface area contributed by atoms with Crippen molar-refractivity contribution in [2.75, 3.05) is 6.61 Å². The highest BCUT2D eigenvalue weighted by Gasteiger charge is 2.39. The van der Waals surface area contributed by atoms with E-state index in [0.29, 0.717) is 5.92 Å². The summed E-state index contributed by atoms with van der Waals surface area (Å²) in [6.07, 6.45) is 12.0. The summed E-state index contributed by atoms with van der Waals surface area (Å²) in [5.41, 5.74) is 2.20. The van der Waals surface area contributed by atoms with Crippen LogP contribution in [0.25, 0.3) is 0 Å². The Labute approximate surface area is 141 Å². The normalized spacial score (nSPS) is 28.0. The average molecular weight is 314 g/mol. The third-order valence-electron chi connectivity index (χ3n) is 4.94. The van der Waals surface area contributed by atoms with Gasteiger partial charge >= 0.3 is 5.97 Å². The van der Waals surface area contributed by atoms with E-state index in [-0.39, 0.29) is 23.9 Å². The van der Waals surface area contributed by atoms with Gasteiger partial charge in [-0.05, 0) is 55.9 Å². The van der Waals surface area contributed by atoms with Crippen molar-refractivity contribution < 1.29 is 9.53 Å². The molecular formula is C21H30O2. The Morgan fingerprint density at radius 1 is 1.35 bits per heavy atom. The highest BCUT2D eigenvalue weighted by molar-refractivity contribution is 5.82. The minimum atomic E-state index is -0.336. The van der Waals surface area contributed by atoms with E-state index in [1.807, 2.05) is 19.1 Å². The Hall–Kier alpha value is -1.83. The minimum Gasteiger partial charge on any atom is -0.458 e. The Balaban J connectivity index is 2.71. The summed E-state index contributed by atoms with van der Waals surface area (Å²) in [4.78, 5) is 11.7. The third-order valence-corrected chi connectivity index (χ3v) is 4.94. The van der Waals surface area contributed by atoms with Crippen molar-refractivity contribution in [3.05, 3.63) is 61.3 Å². The average Bonchev–Trinajstić information content (AvgIpc) is 2.53. The lowest BCUT2D eigenvalue weighted by Gasteiger charge is -2.44. The van der Waals surface area contributed by atoms with Crippen LogP contribution in [0.2, 0.25) is 0 Å². The zero-order valence-corrected chi connectivity index (χ0v) is 14.8. The molecule has 126 valence electrons. The summed E-state index contributed by atoms with van der Waals surface area (Å²) >= 11 is 0. The maximum atomic E-state index is 11.7. The Morgan fingerprint density at radius 3 is 2.61 bits per heavy atom. The van der Waals surface area contributed by atoms with E-state index in [2.05, 4.69) is 33.6 Å². The fourth-order valence-corrected chi connectivity index (χ4v) is 3.21. The SMILES string of the molecule is C=C[C@]1(C)CC[C@@H](C(=C)C)C[C@H]1C(=C)COC(=O)/C=C/C=C/C. The first kappa shape index (κ1) is 19.2. The minimum absolute atomic E-state index is 0.0101. The molecule has 0 amide bonds. The molecule has 0 radical (unpaired) electrons. The molecule has 0 bridgehead atoms. The third kappa shape index (κ3) is 5.38. The van der Waals surface area contributed by atoms with Crippen LogP contribution in [0.5, 0.6) is 0 Å². The van der Waals surface area contributed by atoms with Crippen LogP contribution in [-0.2, 0) is 9.53 Å². The quantitative estimate of drug-likeness (QED) is 0.272. The highest BCUT2D eigenvalue weighted by atomic mass is 16.5. The number of carbonyl (C=O) groups excluding carboxylic acids is 1. The van der Waals surface area contributed by atoms with Crippen LogP contribution >= 0.6 is 0 Å². The lowest BCUT2D eigenvalue weighted by atomic mass is 9.61. The molecule has 2 heteroatoms. The van der Waals surface area contributed by atoms with Crippen LogP contribution < -0.4 is 0 Å². The Morgan fingerprint density at radius 2 is 2.04 bits per heavy atom. The molecule has 23 heavy (non-hydrogen) atoms. The van der Waals surface area contributed by atoms with Gasteiger partial charge in [0, 0.05) is 6.08 Å². The molecular weight excluding hydrogens is 284 g/mol. The predicted octanol–water partition coefficient (Wildman–Crippen LogP) is 5.40. The van der Waals surface area contributed by atoms with Gasteiger partial charge in [-0.15, -0.1) is 6.58 Å². The van der Waals surface area contributed by atoms with Gasteiger partial charge in [0.05, 0.1) is 0 Å². The van der Waals surface area contributed by atoms with Gasteiger partial charge in [-0.1, -0.05) is 50.0 Å². The molecule has 0 saturated heterocycles. The van der Waals surface area contributed by atoms with Crippen LogP contribution in [0, 0.1) is 17.3 Å². The molecule has 0 unspecified atom stereocenters. The summed E-state index contributed by atoms with van der Waals surface area (Å²) in [6.45, 7) is 18.8. The van der Waals surface area contributed by atoms with Crippen molar-refractivity contribution in [3.63, 3.8) is 0 Å². The monoisotopic (exact) mass is 314 g/mol. The largest absolute Gasteiger partial charge is 0.458 e. The van der Waals surface area contributed by atoms with Gasteiger partial charge in [0.1, 0.15) is 6.61 Å². The predicted molar refractivity (Wildman–Crippen MR) is 98.0 cm³/mol. The van der Waals surface area contributed by atoms with E-state index in [1.54, 1.807) is 12.2 Å². The molecule has 0 aromatic carbocycles. The number of hydrogen-bond acceptors (Lipinski definition) is 2. The molecule has 1 aliphatic carbocycles. The van der Waals surface area contributed by atoms with E-state index >= 15 is 0 Å². The second-order valence-electron chi connectivity index (χ2n) is 6.73. The topological polar surface area (TPSA) is 26.3 Å². The van der Waals surface area contributed by atoms with Gasteiger partial charge in [0.25, 0.3) is 0 Å². The summed E-state index contributed by atoms with van der Waals surface area (Å²) < 4.78 is 5.32. The summed E-state index contributed by atoms with van der Waals surface area (Å²) in [5.74, 6) is 0.439. The second kappa shape index (κ2) is 8.71. The standard InChI is InChI=1S/C21H30O2/c1-7-9-10-11-20(22)23-15-17(5)19-14-18(16(3)4)12-13-21(19,6)8-2/h7-11,18-19H,2-3,5,12-15H2,1,4,6H3/b9-7+,11-10+/t18-,19+,21-/m1/s1. The summed E-state index contributed by atoms with van der Waals surface area (Å²) in [5, 5.41) is 0. The van der Waals surface area contributed by atoms with Crippen molar-refractivity contribution >= 4 is 5.97 Å². The number of esters is 1. The number of rotatable bonds is 7. The highest BCUT2D eigenvalue weighted by Crippen LogP contribution is 2.48. The Kier molecular flexibility index (Phi) is 7.28. The first-order valence-corrected chi connectivity index (χ1v) is 8.26. The van der Waals surface area contributed by atoms with E-state index in [0.717, 1.165) is 24.8 Å². The lowest BCUT2D eigenvalue weighted by Crippen LogP contribution is -2.35. The first-order valence-electron chi connectivity index (χ1n) is 8.26. The molecule has 0 aromatic rings. The lowest BCUT2D eigenvalue weighted by molar-refractivity contribution is -0.137. The van der Waals surface area contributed by atoms with Gasteiger partial charge in [-0.3, -0.25) is 0 Å². The van der Waals surface area contributed by atoms with Gasteiger partial charge in [0.15, 0.2) is 0 Å². The van der Waals surface area contributed by atoms with E-state index in [9.17, 15) is 4.79 Å². The molecule has 1 rings (SSSR count). The summed E-state index contributed by atoms with van der Waals surface area (Å²) in [6, 6.07) is 0. The van der Waals surface area contributed by atoms with Gasteiger partial charge in [-0.2, -0.15) is 0 Å². The van der Waals surface area contributed by atoms with Gasteiger partial charge in [-0.25, -0.2) is 4.79 Å². The van der Waals surface area contributed by atoms with Crippen molar-refractivity contribution in [2.45, 2.75) is 40.0 Å². The Bertz CT molecular complexity index is 524. The second-order valence-corrected chi connectivity index (χ2v) is 6.73. The molecule has 2 nitrogen and oxygen atoms in total. The molecule has 0 heterocycles. The molecule has 3 atom stereocenters. The first-order chi connectivity index (χ1) is 10.8. The van der Waals surface area contributed by atoms with Crippen molar-refractivity contribution in [3.8, 4) is 0 Å². The van der Waals surface area contributed by atoms with Crippen molar-refractivity contribution in [1.82, 2.24) is 0 Å². The molecule has 0 aromatic heterocycles. The number of ether oxygens (including phenoxy) is 1. The van der Waals surface area contributed by atoms with Gasteiger partial charge < -0.3 is 4.74 Å². The number of hydrogen-bond donors (Lipinski definition) is 0. The van der Waals surface area contributed by atoms with E-state index < -0.39 is 0 Å². The van der Waals surface area contributed by atoms with E-state index in [1.165, 1.54) is 11.6 Å². The molecule has 0 N–H and O–H groups in total. The van der Waals surface area contributed by atoms with Crippen LogP contribution in [0.1, 0.15) is 40.0 Å². The molecule has 1 aliphatic rings. The zero-order chi connectivity index (χ0) is 17.5. The molecule has 0 aliphatic heterocycles. The van der Waals surface area contributed by atoms with Crippen LogP contribution in [0.3, 0.4) is 0 Å². The number of carbonyl (C=O) groups is 1. The maximum Gasteiger partial charge on any atom is 0.331 e. The molecule has 0 spiro atoms. The van der Waals surface area contributed by atoms with Crippen LogP contribution in [0.4, 0.5) is 0 Å². The van der Waals surface area contributed by atoms with Crippen molar-refractivity contribution in [1.29, 1.82) is 0 Å². The smallest absolute Gasteiger partial charge is 0.331 e. The van der Waals surface area contributed by atoms with Gasteiger partial charge in [0.2, 0.25) is 0 Å².